The third kappa shape index (κ3) is 5.70. The molecule has 0 spiro atoms. The van der Waals surface area contributed by atoms with Gasteiger partial charge in [0.1, 0.15) is 6.54 Å². The smallest absolute Gasteiger partial charge is 0.341 e. The molecular formula is C20H21IN2O7S. The SMILES string of the molecule is CCOc1cc(/C=C2/SC(=O)N(CC(=O)N3CCCC3)C2=O)cc(I)c1OCC(=O)O. The van der Waals surface area contributed by atoms with Crippen molar-refractivity contribution < 1.29 is 33.8 Å². The van der Waals surface area contributed by atoms with Crippen molar-refractivity contribution in [1.29, 1.82) is 0 Å². The number of hydrogen-bond donors (Lipinski definition) is 1. The van der Waals surface area contributed by atoms with Crippen molar-refractivity contribution in [2.24, 2.45) is 0 Å². The van der Waals surface area contributed by atoms with E-state index < -0.39 is 23.7 Å². The maximum atomic E-state index is 12.7. The molecule has 0 atom stereocenters. The number of halogens is 1. The summed E-state index contributed by atoms with van der Waals surface area (Å²) in [5, 5.41) is 8.38. The fraction of sp³-hybridized carbons (Fsp3) is 0.400. The average Bonchev–Trinajstić information content (AvgIpc) is 3.32. The topological polar surface area (TPSA) is 113 Å². The molecule has 0 bridgehead atoms. The van der Waals surface area contributed by atoms with E-state index in [-0.39, 0.29) is 17.4 Å². The van der Waals surface area contributed by atoms with Gasteiger partial charge >= 0.3 is 5.97 Å². The minimum Gasteiger partial charge on any atom is -0.490 e. The Balaban J connectivity index is 1.80. The van der Waals surface area contributed by atoms with Gasteiger partial charge in [-0.1, -0.05) is 0 Å². The number of nitrogens with zero attached hydrogens (tertiary/aromatic N) is 2. The Hall–Kier alpha value is -2.28. The Morgan fingerprint density at radius 3 is 2.58 bits per heavy atom. The van der Waals surface area contributed by atoms with Crippen molar-refractivity contribution >= 4 is 63.5 Å². The van der Waals surface area contributed by atoms with Gasteiger partial charge in [-0.2, -0.15) is 0 Å². The number of imide groups is 1. The molecule has 31 heavy (non-hydrogen) atoms. The Kier molecular flexibility index (Phi) is 7.81. The first kappa shape index (κ1) is 23.4. The van der Waals surface area contributed by atoms with Gasteiger partial charge in [0, 0.05) is 13.1 Å². The van der Waals surface area contributed by atoms with Crippen molar-refractivity contribution in [3.05, 3.63) is 26.2 Å². The molecule has 0 saturated carbocycles. The van der Waals surface area contributed by atoms with Crippen LogP contribution in [0.2, 0.25) is 0 Å². The second-order valence-electron chi connectivity index (χ2n) is 6.80. The number of benzene rings is 1. The summed E-state index contributed by atoms with van der Waals surface area (Å²) < 4.78 is 11.5. The maximum Gasteiger partial charge on any atom is 0.341 e. The zero-order valence-electron chi connectivity index (χ0n) is 16.8. The van der Waals surface area contributed by atoms with E-state index in [0.717, 1.165) is 29.5 Å². The highest BCUT2D eigenvalue weighted by molar-refractivity contribution is 14.1. The lowest BCUT2D eigenvalue weighted by Crippen LogP contribution is -2.40. The first-order chi connectivity index (χ1) is 14.8. The zero-order valence-corrected chi connectivity index (χ0v) is 19.7. The standard InChI is InChI=1S/C20H21IN2O7S/c1-2-29-14-8-12(7-13(21)18(14)30-11-17(25)26)9-15-19(27)23(20(28)31-15)10-16(24)22-5-3-4-6-22/h7-9H,2-6,10-11H2,1H3,(H,25,26)/b15-9+. The van der Waals surface area contributed by atoms with Crippen LogP contribution < -0.4 is 9.47 Å². The van der Waals surface area contributed by atoms with E-state index in [2.05, 4.69) is 0 Å². The van der Waals surface area contributed by atoms with E-state index in [4.69, 9.17) is 14.6 Å². The summed E-state index contributed by atoms with van der Waals surface area (Å²) in [6.07, 6.45) is 3.41. The third-order valence-electron chi connectivity index (χ3n) is 4.60. The van der Waals surface area contributed by atoms with Crippen molar-refractivity contribution in [3.63, 3.8) is 0 Å². The molecule has 3 amide bonds. The van der Waals surface area contributed by atoms with Gasteiger partial charge in [-0.15, -0.1) is 0 Å². The lowest BCUT2D eigenvalue weighted by atomic mass is 10.2. The lowest BCUT2D eigenvalue weighted by Gasteiger charge is -2.18. The summed E-state index contributed by atoms with van der Waals surface area (Å²) in [6.45, 7) is 2.64. The van der Waals surface area contributed by atoms with Crippen LogP contribution in [0.5, 0.6) is 11.5 Å². The number of carbonyl (C=O) groups is 4. The molecule has 0 aromatic heterocycles. The van der Waals surface area contributed by atoms with Gasteiger partial charge in [0.2, 0.25) is 5.91 Å². The Labute approximate surface area is 196 Å². The minimum atomic E-state index is -1.11. The number of amides is 3. The number of thioether (sulfide) groups is 1. The second-order valence-corrected chi connectivity index (χ2v) is 8.96. The molecule has 9 nitrogen and oxygen atoms in total. The van der Waals surface area contributed by atoms with E-state index in [1.165, 1.54) is 0 Å². The van der Waals surface area contributed by atoms with Crippen molar-refractivity contribution in [2.75, 3.05) is 32.8 Å². The van der Waals surface area contributed by atoms with Crippen LogP contribution >= 0.6 is 34.4 Å². The Morgan fingerprint density at radius 1 is 1.23 bits per heavy atom. The fourth-order valence-electron chi connectivity index (χ4n) is 3.20. The number of carboxylic acid groups (broad SMARTS) is 1. The van der Waals surface area contributed by atoms with Crippen LogP contribution in [-0.2, 0) is 14.4 Å². The molecule has 2 aliphatic rings. The first-order valence-electron chi connectivity index (χ1n) is 9.64. The van der Waals surface area contributed by atoms with Gasteiger partial charge < -0.3 is 19.5 Å². The summed E-state index contributed by atoms with van der Waals surface area (Å²) >= 11 is 2.77. The lowest BCUT2D eigenvalue weighted by molar-refractivity contribution is -0.139. The molecule has 2 saturated heterocycles. The average molecular weight is 560 g/mol. The first-order valence-corrected chi connectivity index (χ1v) is 11.5. The molecule has 3 rings (SSSR count). The summed E-state index contributed by atoms with van der Waals surface area (Å²) in [7, 11) is 0. The van der Waals surface area contributed by atoms with Gasteiger partial charge in [0.15, 0.2) is 18.1 Å². The summed E-state index contributed by atoms with van der Waals surface area (Å²) in [6, 6.07) is 3.32. The quantitative estimate of drug-likeness (QED) is 0.382. The molecule has 1 aromatic carbocycles. The van der Waals surface area contributed by atoms with Crippen LogP contribution in [0, 0.1) is 3.57 Å². The van der Waals surface area contributed by atoms with Crippen LogP contribution in [0.1, 0.15) is 25.3 Å². The van der Waals surface area contributed by atoms with Gasteiger partial charge in [0.25, 0.3) is 11.1 Å². The van der Waals surface area contributed by atoms with Gasteiger partial charge in [-0.05, 0) is 77.9 Å². The van der Waals surface area contributed by atoms with Crippen LogP contribution in [0.4, 0.5) is 4.79 Å². The number of ether oxygens (including phenoxy) is 2. The molecule has 1 aromatic rings. The largest absolute Gasteiger partial charge is 0.490 e. The van der Waals surface area contributed by atoms with Crippen LogP contribution in [0.3, 0.4) is 0 Å². The van der Waals surface area contributed by atoms with Gasteiger partial charge in [0.05, 0.1) is 15.1 Å². The number of likely N-dealkylation sites (tertiary alicyclic amines) is 1. The van der Waals surface area contributed by atoms with Crippen molar-refractivity contribution in [1.82, 2.24) is 9.80 Å². The highest BCUT2D eigenvalue weighted by atomic mass is 127. The second kappa shape index (κ2) is 10.4. The normalized spacial score (nSPS) is 17.5. The third-order valence-corrected chi connectivity index (χ3v) is 6.30. The molecule has 0 radical (unpaired) electrons. The van der Waals surface area contributed by atoms with Crippen LogP contribution in [0.25, 0.3) is 6.08 Å². The summed E-state index contributed by atoms with van der Waals surface area (Å²) in [4.78, 5) is 51.1. The molecule has 2 heterocycles. The molecule has 1 N–H and O–H groups in total. The predicted molar refractivity (Wildman–Crippen MR) is 122 cm³/mol. The molecule has 11 heteroatoms. The molecule has 0 aliphatic carbocycles. The molecule has 0 unspecified atom stereocenters. The number of hydrogen-bond acceptors (Lipinski definition) is 7. The van der Waals surface area contributed by atoms with E-state index in [1.54, 1.807) is 30.0 Å². The molecular weight excluding hydrogens is 539 g/mol. The molecule has 2 aliphatic heterocycles. The highest BCUT2D eigenvalue weighted by Gasteiger charge is 2.37. The van der Waals surface area contributed by atoms with Gasteiger partial charge in [-0.3, -0.25) is 19.3 Å². The van der Waals surface area contributed by atoms with E-state index in [9.17, 15) is 19.2 Å². The molecule has 2 fully saturated rings. The Morgan fingerprint density at radius 2 is 1.94 bits per heavy atom. The summed E-state index contributed by atoms with van der Waals surface area (Å²) in [5.74, 6) is -1.22. The number of carbonyl (C=O) groups excluding carboxylic acids is 3. The van der Waals surface area contributed by atoms with Crippen molar-refractivity contribution in [2.45, 2.75) is 19.8 Å². The minimum absolute atomic E-state index is 0.205. The monoisotopic (exact) mass is 560 g/mol. The Bertz CT molecular complexity index is 944. The van der Waals surface area contributed by atoms with E-state index in [1.807, 2.05) is 22.6 Å². The van der Waals surface area contributed by atoms with E-state index in [0.29, 0.717) is 40.3 Å². The van der Waals surface area contributed by atoms with E-state index >= 15 is 0 Å². The highest BCUT2D eigenvalue weighted by Crippen LogP contribution is 2.37. The van der Waals surface area contributed by atoms with Crippen LogP contribution in [-0.4, -0.2) is 70.8 Å². The fourth-order valence-corrected chi connectivity index (χ4v) is 4.82. The predicted octanol–water partition coefficient (Wildman–Crippen LogP) is 2.81. The molecule has 166 valence electrons. The maximum absolute atomic E-state index is 12.7. The van der Waals surface area contributed by atoms with Gasteiger partial charge in [-0.25, -0.2) is 4.79 Å². The number of aliphatic carboxylic acids is 1. The zero-order chi connectivity index (χ0) is 22.5. The van der Waals surface area contributed by atoms with Crippen molar-refractivity contribution in [3.8, 4) is 11.5 Å². The number of rotatable bonds is 8. The summed E-state index contributed by atoms with van der Waals surface area (Å²) in [5.41, 5.74) is 0.590. The van der Waals surface area contributed by atoms with Crippen LogP contribution in [0.15, 0.2) is 17.0 Å². The number of carboxylic acids is 1.